The zero-order chi connectivity index (χ0) is 21.8. The number of carbonyl (C=O) groups excluding carboxylic acids is 1. The highest BCUT2D eigenvalue weighted by atomic mass is 19.4. The molecule has 0 spiro atoms. The van der Waals surface area contributed by atoms with E-state index in [0.29, 0.717) is 17.8 Å². The van der Waals surface area contributed by atoms with Crippen LogP contribution in [-0.2, 0) is 6.18 Å². The van der Waals surface area contributed by atoms with Crippen LogP contribution in [0.3, 0.4) is 0 Å². The molecule has 158 valence electrons. The molecule has 1 amide bonds. The fraction of sp³-hybridized carbons (Fsp3) is 0.409. The molecule has 0 aliphatic rings. The minimum Gasteiger partial charge on any atom is -0.373 e. The molecule has 0 saturated carbocycles. The summed E-state index contributed by atoms with van der Waals surface area (Å²) in [7, 11) is 5.74. The number of amides is 1. The van der Waals surface area contributed by atoms with Gasteiger partial charge in [0.05, 0.1) is 16.9 Å². The molecule has 4 nitrogen and oxygen atoms in total. The van der Waals surface area contributed by atoms with E-state index in [4.69, 9.17) is 0 Å². The van der Waals surface area contributed by atoms with Crippen LogP contribution in [0.2, 0.25) is 0 Å². The lowest BCUT2D eigenvalue weighted by atomic mass is 10.1. The largest absolute Gasteiger partial charge is 0.416 e. The second-order valence-corrected chi connectivity index (χ2v) is 7.56. The van der Waals surface area contributed by atoms with Crippen LogP contribution in [0, 0.1) is 13.8 Å². The van der Waals surface area contributed by atoms with E-state index in [1.54, 1.807) is 12.1 Å². The monoisotopic (exact) mass is 407 g/mol. The summed E-state index contributed by atoms with van der Waals surface area (Å²) in [6.07, 6.45) is -3.64. The third-order valence-corrected chi connectivity index (χ3v) is 4.85. The van der Waals surface area contributed by atoms with Gasteiger partial charge in [0, 0.05) is 19.2 Å². The number of aryl methyl sites for hydroxylation is 2. The van der Waals surface area contributed by atoms with Crippen LogP contribution in [0.4, 0.5) is 24.5 Å². The normalized spacial score (nSPS) is 11.6. The second-order valence-electron chi connectivity index (χ2n) is 7.56. The molecule has 0 fully saturated rings. The summed E-state index contributed by atoms with van der Waals surface area (Å²) in [5, 5.41) is 2.68. The molecule has 7 heteroatoms. The van der Waals surface area contributed by atoms with Gasteiger partial charge in [-0.15, -0.1) is 0 Å². The summed E-state index contributed by atoms with van der Waals surface area (Å²) in [4.78, 5) is 16.6. The van der Waals surface area contributed by atoms with Gasteiger partial charge in [-0.05, 0) is 82.4 Å². The van der Waals surface area contributed by atoms with Crippen molar-refractivity contribution in [2.24, 2.45) is 0 Å². The first-order chi connectivity index (χ1) is 13.5. The van der Waals surface area contributed by atoms with Crippen LogP contribution in [0.15, 0.2) is 36.4 Å². The molecular formula is C22H28F3N3O. The van der Waals surface area contributed by atoms with E-state index < -0.39 is 17.6 Å². The third-order valence-electron chi connectivity index (χ3n) is 4.85. The van der Waals surface area contributed by atoms with Crippen LogP contribution in [0.1, 0.15) is 33.5 Å². The topological polar surface area (TPSA) is 35.6 Å². The first-order valence-electron chi connectivity index (χ1n) is 9.44. The van der Waals surface area contributed by atoms with Crippen molar-refractivity contribution in [2.75, 3.05) is 44.4 Å². The third kappa shape index (κ3) is 6.22. The van der Waals surface area contributed by atoms with Crippen LogP contribution in [0.5, 0.6) is 0 Å². The maximum atomic E-state index is 13.2. The average Bonchev–Trinajstić information content (AvgIpc) is 2.62. The van der Waals surface area contributed by atoms with E-state index in [1.807, 2.05) is 50.9 Å². The molecule has 0 heterocycles. The van der Waals surface area contributed by atoms with Crippen LogP contribution < -0.4 is 10.2 Å². The van der Waals surface area contributed by atoms with Gasteiger partial charge in [0.25, 0.3) is 5.91 Å². The Morgan fingerprint density at radius 3 is 2.24 bits per heavy atom. The smallest absolute Gasteiger partial charge is 0.373 e. The Kier molecular flexibility index (Phi) is 7.30. The van der Waals surface area contributed by atoms with Crippen molar-refractivity contribution in [3.63, 3.8) is 0 Å². The number of alkyl halides is 3. The predicted octanol–water partition coefficient (Wildman–Crippen LogP) is 4.96. The molecule has 0 aromatic heterocycles. The second kappa shape index (κ2) is 9.31. The van der Waals surface area contributed by atoms with Gasteiger partial charge in [0.15, 0.2) is 0 Å². The maximum Gasteiger partial charge on any atom is 0.416 e. The molecule has 2 aromatic carbocycles. The number of anilines is 2. The van der Waals surface area contributed by atoms with E-state index in [0.717, 1.165) is 36.2 Å². The average molecular weight is 407 g/mol. The Bertz CT molecular complexity index is 863. The van der Waals surface area contributed by atoms with Gasteiger partial charge in [-0.2, -0.15) is 13.2 Å². The number of nitrogens with one attached hydrogen (secondary N) is 1. The fourth-order valence-electron chi connectivity index (χ4n) is 2.97. The molecule has 0 bridgehead atoms. The molecule has 0 aliphatic carbocycles. The number of nitrogens with zero attached hydrogens (tertiary/aromatic N) is 2. The molecule has 2 aromatic rings. The van der Waals surface area contributed by atoms with Gasteiger partial charge in [-0.25, -0.2) is 0 Å². The summed E-state index contributed by atoms with van der Waals surface area (Å²) in [5.41, 5.74) is 2.30. The number of hydrogen-bond acceptors (Lipinski definition) is 3. The van der Waals surface area contributed by atoms with Crippen molar-refractivity contribution in [3.05, 3.63) is 58.7 Å². The van der Waals surface area contributed by atoms with E-state index in [9.17, 15) is 18.0 Å². The number of carbonyl (C=O) groups is 1. The van der Waals surface area contributed by atoms with Gasteiger partial charge >= 0.3 is 6.18 Å². The molecule has 0 unspecified atom stereocenters. The minimum absolute atomic E-state index is 0.149. The first kappa shape index (κ1) is 22.7. The van der Waals surface area contributed by atoms with E-state index in [-0.39, 0.29) is 5.69 Å². The van der Waals surface area contributed by atoms with Gasteiger partial charge in [0.1, 0.15) is 0 Å². The summed E-state index contributed by atoms with van der Waals surface area (Å²) < 4.78 is 39.7. The molecule has 0 aliphatic heterocycles. The Morgan fingerprint density at radius 1 is 0.966 bits per heavy atom. The summed E-state index contributed by atoms with van der Waals surface area (Å²) in [6, 6.07) is 8.68. The van der Waals surface area contributed by atoms with Gasteiger partial charge in [-0.3, -0.25) is 4.79 Å². The lowest BCUT2D eigenvalue weighted by Gasteiger charge is -2.24. The zero-order valence-corrected chi connectivity index (χ0v) is 17.5. The molecule has 2 rings (SSSR count). The quantitative estimate of drug-likeness (QED) is 0.705. The Labute approximate surface area is 170 Å². The zero-order valence-electron chi connectivity index (χ0n) is 17.5. The summed E-state index contributed by atoms with van der Waals surface area (Å²) in [5.74, 6) is -0.435. The van der Waals surface area contributed by atoms with Crippen molar-refractivity contribution in [3.8, 4) is 0 Å². The lowest BCUT2D eigenvalue weighted by Crippen LogP contribution is -2.25. The Morgan fingerprint density at radius 2 is 1.66 bits per heavy atom. The molecule has 0 radical (unpaired) electrons. The Hall–Kier alpha value is -2.54. The van der Waals surface area contributed by atoms with E-state index >= 15 is 0 Å². The molecule has 0 atom stereocenters. The van der Waals surface area contributed by atoms with Gasteiger partial charge < -0.3 is 15.1 Å². The fourth-order valence-corrected chi connectivity index (χ4v) is 2.97. The molecule has 0 saturated heterocycles. The number of hydrogen-bond donors (Lipinski definition) is 1. The van der Waals surface area contributed by atoms with E-state index in [1.165, 1.54) is 6.07 Å². The van der Waals surface area contributed by atoms with Gasteiger partial charge in [0.2, 0.25) is 0 Å². The van der Waals surface area contributed by atoms with Crippen molar-refractivity contribution in [1.29, 1.82) is 0 Å². The minimum atomic E-state index is -4.48. The molecule has 29 heavy (non-hydrogen) atoms. The van der Waals surface area contributed by atoms with Crippen molar-refractivity contribution in [1.82, 2.24) is 4.90 Å². The van der Waals surface area contributed by atoms with Crippen molar-refractivity contribution >= 4 is 17.3 Å². The maximum absolute atomic E-state index is 13.2. The predicted molar refractivity (Wildman–Crippen MR) is 112 cm³/mol. The summed E-state index contributed by atoms with van der Waals surface area (Å²) in [6.45, 7) is 5.33. The van der Waals surface area contributed by atoms with Crippen LogP contribution in [0.25, 0.3) is 0 Å². The molecule has 1 N–H and O–H groups in total. The van der Waals surface area contributed by atoms with Gasteiger partial charge in [-0.1, -0.05) is 6.07 Å². The number of halogens is 3. The Balaban J connectivity index is 2.32. The summed E-state index contributed by atoms with van der Waals surface area (Å²) >= 11 is 0. The highest BCUT2D eigenvalue weighted by molar-refractivity contribution is 6.06. The highest BCUT2D eigenvalue weighted by Crippen LogP contribution is 2.35. The molecular weight excluding hydrogens is 379 g/mol. The standard InChI is InChI=1S/C22H28F3N3O/c1-15-7-8-17(13-16(15)2)21(29)26-19-14-18(22(23,24)25)9-10-20(19)28(5)12-6-11-27(3)4/h7-10,13-14H,6,11-12H2,1-5H3,(H,26,29). The van der Waals surface area contributed by atoms with E-state index in [2.05, 4.69) is 5.32 Å². The lowest BCUT2D eigenvalue weighted by molar-refractivity contribution is -0.137. The highest BCUT2D eigenvalue weighted by Gasteiger charge is 2.31. The number of rotatable bonds is 7. The first-order valence-corrected chi connectivity index (χ1v) is 9.44. The SMILES string of the molecule is Cc1ccc(C(=O)Nc2cc(C(F)(F)F)ccc2N(C)CCCN(C)C)cc1C. The van der Waals surface area contributed by atoms with Crippen LogP contribution in [-0.4, -0.2) is 45.0 Å². The van der Waals surface area contributed by atoms with Crippen LogP contribution >= 0.6 is 0 Å². The van der Waals surface area contributed by atoms with Crippen molar-refractivity contribution < 1.29 is 18.0 Å². The van der Waals surface area contributed by atoms with Crippen molar-refractivity contribution in [2.45, 2.75) is 26.4 Å². The number of benzene rings is 2.